The topological polar surface area (TPSA) is 52.6 Å². The molecule has 1 aromatic rings. The van der Waals surface area contributed by atoms with Crippen LogP contribution in [0.25, 0.3) is 0 Å². The maximum absolute atomic E-state index is 12.6. The minimum Gasteiger partial charge on any atom is -0.381 e. The number of halogens is 3. The zero-order valence-corrected chi connectivity index (χ0v) is 11.9. The van der Waals surface area contributed by atoms with Crippen molar-refractivity contribution in [3.8, 4) is 0 Å². The first-order valence-electron chi connectivity index (χ1n) is 7.15. The van der Waals surface area contributed by atoms with E-state index in [-0.39, 0.29) is 11.9 Å². The van der Waals surface area contributed by atoms with Gasteiger partial charge in [-0.15, -0.1) is 0 Å². The van der Waals surface area contributed by atoms with Crippen LogP contribution in [0.3, 0.4) is 0 Å². The summed E-state index contributed by atoms with van der Waals surface area (Å²) < 4.78 is 54.7. The first-order valence-corrected chi connectivity index (χ1v) is 7.15. The normalized spacial score (nSPS) is 24.6. The van der Waals surface area contributed by atoms with Crippen molar-refractivity contribution in [3.63, 3.8) is 0 Å². The molecule has 3 rings (SSSR count). The van der Waals surface area contributed by atoms with Crippen molar-refractivity contribution in [1.82, 2.24) is 4.98 Å². The molecule has 0 unspecified atom stereocenters. The molecule has 1 aromatic heterocycles. The van der Waals surface area contributed by atoms with Crippen LogP contribution >= 0.6 is 0 Å². The molecule has 0 aromatic carbocycles. The van der Waals surface area contributed by atoms with Gasteiger partial charge in [-0.2, -0.15) is 13.2 Å². The number of nitrogens with one attached hydrogen (secondary N) is 1. The first-order chi connectivity index (χ1) is 10.5. The van der Waals surface area contributed by atoms with E-state index in [1.54, 1.807) is 0 Å². The van der Waals surface area contributed by atoms with Gasteiger partial charge in [0.05, 0.1) is 19.8 Å². The molecule has 1 atom stereocenters. The van der Waals surface area contributed by atoms with E-state index in [2.05, 4.69) is 10.3 Å². The predicted molar refractivity (Wildman–Crippen MR) is 71.3 cm³/mol. The summed E-state index contributed by atoms with van der Waals surface area (Å²) in [6.45, 7) is 1.94. The van der Waals surface area contributed by atoms with E-state index >= 15 is 0 Å². The molecule has 0 bridgehead atoms. The molecule has 8 heteroatoms. The predicted octanol–water partition coefficient (Wildman–Crippen LogP) is 2.43. The molecular weight excluding hydrogens is 301 g/mol. The number of ether oxygens (including phenoxy) is 3. The fraction of sp³-hybridized carbons (Fsp3) is 0.643. The molecule has 0 aliphatic carbocycles. The summed E-state index contributed by atoms with van der Waals surface area (Å²) in [7, 11) is 0. The van der Waals surface area contributed by atoms with Crippen molar-refractivity contribution in [2.24, 2.45) is 0 Å². The van der Waals surface area contributed by atoms with Crippen LogP contribution in [0, 0.1) is 0 Å². The summed E-state index contributed by atoms with van der Waals surface area (Å²) in [6.07, 6.45) is -3.32. The Balaban J connectivity index is 1.55. The highest BCUT2D eigenvalue weighted by Crippen LogP contribution is 2.33. The lowest BCUT2D eigenvalue weighted by Gasteiger charge is -2.31. The number of alkyl halides is 3. The third-order valence-corrected chi connectivity index (χ3v) is 3.72. The van der Waals surface area contributed by atoms with Crippen molar-refractivity contribution in [3.05, 3.63) is 23.9 Å². The summed E-state index contributed by atoms with van der Waals surface area (Å²) >= 11 is 0. The second-order valence-corrected chi connectivity index (χ2v) is 5.36. The third-order valence-electron chi connectivity index (χ3n) is 3.72. The molecule has 22 heavy (non-hydrogen) atoms. The second kappa shape index (κ2) is 6.02. The maximum atomic E-state index is 12.6. The summed E-state index contributed by atoms with van der Waals surface area (Å²) in [5.41, 5.74) is -0.915. The van der Waals surface area contributed by atoms with Crippen LogP contribution < -0.4 is 5.32 Å². The highest BCUT2D eigenvalue weighted by Gasteiger charge is 2.42. The number of anilines is 1. The van der Waals surface area contributed by atoms with E-state index in [0.29, 0.717) is 39.2 Å². The highest BCUT2D eigenvalue weighted by molar-refractivity contribution is 5.36. The van der Waals surface area contributed by atoms with Crippen LogP contribution in [0.2, 0.25) is 0 Å². The lowest BCUT2D eigenvalue weighted by atomic mass is 10.1. The fourth-order valence-electron chi connectivity index (χ4n) is 2.57. The Bertz CT molecular complexity index is 518. The lowest BCUT2D eigenvalue weighted by Crippen LogP contribution is -2.38. The van der Waals surface area contributed by atoms with Gasteiger partial charge in [-0.25, -0.2) is 4.98 Å². The van der Waals surface area contributed by atoms with Crippen molar-refractivity contribution < 1.29 is 27.4 Å². The van der Waals surface area contributed by atoms with Gasteiger partial charge in [0.25, 0.3) is 0 Å². The molecule has 0 saturated carbocycles. The van der Waals surface area contributed by atoms with Crippen LogP contribution in [0.1, 0.15) is 18.5 Å². The summed E-state index contributed by atoms with van der Waals surface area (Å²) in [5, 5.41) is 2.87. The smallest absolute Gasteiger partial charge is 0.381 e. The van der Waals surface area contributed by atoms with E-state index in [1.807, 2.05) is 0 Å². The molecule has 5 nitrogen and oxygen atoms in total. The zero-order valence-electron chi connectivity index (χ0n) is 11.9. The minimum atomic E-state index is -4.45. The monoisotopic (exact) mass is 318 g/mol. The maximum Gasteiger partial charge on any atom is 0.433 e. The molecule has 2 aliphatic rings. The average molecular weight is 318 g/mol. The molecule has 2 aliphatic heterocycles. The third kappa shape index (κ3) is 3.50. The largest absolute Gasteiger partial charge is 0.433 e. The standard InChI is InChI=1S/C14H17F3N2O3/c15-14(16,17)11-2-1-3-12(19-11)18-8-10-9-21-13(22-10)4-6-20-7-5-13/h1-3,10H,4-9H2,(H,18,19)/t10-/m1/s1. The number of hydrogen-bond donors (Lipinski definition) is 1. The van der Waals surface area contributed by atoms with Crippen LogP contribution in [0.4, 0.5) is 19.0 Å². The number of aromatic nitrogens is 1. The molecule has 122 valence electrons. The zero-order chi connectivity index (χ0) is 15.6. The van der Waals surface area contributed by atoms with Gasteiger partial charge < -0.3 is 19.5 Å². The van der Waals surface area contributed by atoms with Crippen LogP contribution in [-0.4, -0.2) is 43.2 Å². The van der Waals surface area contributed by atoms with Gasteiger partial charge in [-0.1, -0.05) is 6.07 Å². The molecule has 1 N–H and O–H groups in total. The molecule has 1 spiro atoms. The van der Waals surface area contributed by atoms with Gasteiger partial charge in [-0.05, 0) is 12.1 Å². The number of pyridine rings is 1. The Morgan fingerprint density at radius 1 is 1.27 bits per heavy atom. The van der Waals surface area contributed by atoms with E-state index in [4.69, 9.17) is 14.2 Å². The van der Waals surface area contributed by atoms with Gasteiger partial charge in [0.15, 0.2) is 5.79 Å². The highest BCUT2D eigenvalue weighted by atomic mass is 19.4. The van der Waals surface area contributed by atoms with E-state index < -0.39 is 17.7 Å². The molecular formula is C14H17F3N2O3. The van der Waals surface area contributed by atoms with Crippen LogP contribution in [0.5, 0.6) is 0 Å². The van der Waals surface area contributed by atoms with Gasteiger partial charge in [0, 0.05) is 19.4 Å². The Morgan fingerprint density at radius 3 is 2.77 bits per heavy atom. The molecule has 3 heterocycles. The van der Waals surface area contributed by atoms with E-state index in [1.165, 1.54) is 12.1 Å². The number of nitrogens with zero attached hydrogens (tertiary/aromatic N) is 1. The average Bonchev–Trinajstić information content (AvgIpc) is 2.88. The van der Waals surface area contributed by atoms with Crippen LogP contribution in [-0.2, 0) is 20.4 Å². The molecule has 2 fully saturated rings. The van der Waals surface area contributed by atoms with Crippen molar-refractivity contribution >= 4 is 5.82 Å². The van der Waals surface area contributed by atoms with Crippen molar-refractivity contribution in [1.29, 1.82) is 0 Å². The van der Waals surface area contributed by atoms with Crippen LogP contribution in [0.15, 0.2) is 18.2 Å². The second-order valence-electron chi connectivity index (χ2n) is 5.36. The van der Waals surface area contributed by atoms with Gasteiger partial charge >= 0.3 is 6.18 Å². The van der Waals surface area contributed by atoms with Gasteiger partial charge in [0.2, 0.25) is 0 Å². The Morgan fingerprint density at radius 2 is 2.05 bits per heavy atom. The minimum absolute atomic E-state index is 0.173. The lowest BCUT2D eigenvalue weighted by molar-refractivity contribution is -0.209. The summed E-state index contributed by atoms with van der Waals surface area (Å²) in [5.74, 6) is -0.419. The Labute approximate surface area is 125 Å². The summed E-state index contributed by atoms with van der Waals surface area (Å²) in [6, 6.07) is 3.76. The Kier molecular flexibility index (Phi) is 4.24. The van der Waals surface area contributed by atoms with Gasteiger partial charge in [0.1, 0.15) is 17.6 Å². The van der Waals surface area contributed by atoms with E-state index in [9.17, 15) is 13.2 Å². The molecule has 0 amide bonds. The van der Waals surface area contributed by atoms with Gasteiger partial charge in [-0.3, -0.25) is 0 Å². The van der Waals surface area contributed by atoms with Crippen molar-refractivity contribution in [2.45, 2.75) is 30.9 Å². The Hall–Kier alpha value is -1.38. The quantitative estimate of drug-likeness (QED) is 0.928. The summed E-state index contributed by atoms with van der Waals surface area (Å²) in [4.78, 5) is 3.56. The number of rotatable bonds is 3. The fourth-order valence-corrected chi connectivity index (χ4v) is 2.57. The number of hydrogen-bond acceptors (Lipinski definition) is 5. The molecule has 0 radical (unpaired) electrons. The van der Waals surface area contributed by atoms with Crippen molar-refractivity contribution in [2.75, 3.05) is 31.7 Å². The SMILES string of the molecule is FC(F)(F)c1cccc(NC[C@@H]2COC3(CCOCC3)O2)n1. The van der Waals surface area contributed by atoms with E-state index in [0.717, 1.165) is 6.07 Å². The first kappa shape index (κ1) is 15.5. The molecule has 2 saturated heterocycles.